The van der Waals surface area contributed by atoms with Crippen LogP contribution in [0.3, 0.4) is 0 Å². The van der Waals surface area contributed by atoms with Crippen LogP contribution in [0.1, 0.15) is 17.2 Å². The molecule has 0 amide bonds. The van der Waals surface area contributed by atoms with Crippen molar-refractivity contribution < 1.29 is 5.11 Å². The maximum Gasteiger partial charge on any atom is 0.101 e. The van der Waals surface area contributed by atoms with Gasteiger partial charge in [-0.25, -0.2) is 0 Å². The van der Waals surface area contributed by atoms with Gasteiger partial charge in [-0.05, 0) is 35.9 Å². The zero-order valence-corrected chi connectivity index (χ0v) is 12.0. The Bertz CT molecular complexity index is 635. The minimum Gasteiger partial charge on any atom is -0.387 e. The van der Waals surface area contributed by atoms with E-state index in [1.165, 1.54) is 0 Å². The molecule has 0 saturated carbocycles. The maximum absolute atomic E-state index is 10.1. The molecule has 0 aromatic heterocycles. The lowest BCUT2D eigenvalue weighted by Crippen LogP contribution is -2.12. The maximum atomic E-state index is 10.1. The van der Waals surface area contributed by atoms with Gasteiger partial charge in [0.05, 0.1) is 17.4 Å². The Morgan fingerprint density at radius 2 is 1.75 bits per heavy atom. The fourth-order valence-electron chi connectivity index (χ4n) is 1.77. The topological polar surface area (TPSA) is 56.0 Å². The highest BCUT2D eigenvalue weighted by Crippen LogP contribution is 2.22. The third-order valence-electron chi connectivity index (χ3n) is 2.84. The van der Waals surface area contributed by atoms with Crippen molar-refractivity contribution in [3.05, 3.63) is 63.6 Å². The largest absolute Gasteiger partial charge is 0.387 e. The van der Waals surface area contributed by atoms with E-state index in [9.17, 15) is 5.11 Å². The number of hydrogen-bond donors (Lipinski definition) is 2. The Balaban J connectivity index is 2.05. The third kappa shape index (κ3) is 3.64. The van der Waals surface area contributed by atoms with E-state index in [1.807, 2.05) is 0 Å². The van der Waals surface area contributed by atoms with E-state index in [1.54, 1.807) is 42.5 Å². The van der Waals surface area contributed by atoms with Gasteiger partial charge in [0.15, 0.2) is 0 Å². The van der Waals surface area contributed by atoms with Gasteiger partial charge in [-0.15, -0.1) is 0 Å². The Morgan fingerprint density at radius 1 is 1.10 bits per heavy atom. The van der Waals surface area contributed by atoms with Crippen LogP contribution in [0, 0.1) is 11.3 Å². The van der Waals surface area contributed by atoms with Gasteiger partial charge in [0, 0.05) is 16.6 Å². The molecule has 1 unspecified atom stereocenters. The van der Waals surface area contributed by atoms with Crippen LogP contribution in [-0.2, 0) is 0 Å². The fraction of sp³-hybridized carbons (Fsp3) is 0.133. The van der Waals surface area contributed by atoms with Crippen molar-refractivity contribution in [2.45, 2.75) is 6.10 Å². The first-order valence-electron chi connectivity index (χ1n) is 5.97. The van der Waals surface area contributed by atoms with Crippen LogP contribution >= 0.6 is 23.2 Å². The predicted octanol–water partition coefficient (Wildman–Crippen LogP) is 4.01. The summed E-state index contributed by atoms with van der Waals surface area (Å²) in [7, 11) is 0. The second-order valence-electron chi connectivity index (χ2n) is 4.25. The highest BCUT2D eigenvalue weighted by atomic mass is 35.5. The van der Waals surface area contributed by atoms with Crippen molar-refractivity contribution in [2.75, 3.05) is 11.9 Å². The zero-order valence-electron chi connectivity index (χ0n) is 10.5. The van der Waals surface area contributed by atoms with Crippen LogP contribution in [0.15, 0.2) is 42.5 Å². The van der Waals surface area contributed by atoms with Gasteiger partial charge < -0.3 is 10.4 Å². The smallest absolute Gasteiger partial charge is 0.101 e. The van der Waals surface area contributed by atoms with Crippen LogP contribution in [0.25, 0.3) is 0 Å². The number of nitriles is 1. The van der Waals surface area contributed by atoms with Gasteiger partial charge in [-0.1, -0.05) is 35.3 Å². The first-order chi connectivity index (χ1) is 9.60. The number of nitrogens with zero attached hydrogens (tertiary/aromatic N) is 1. The van der Waals surface area contributed by atoms with Gasteiger partial charge in [0.1, 0.15) is 6.07 Å². The molecule has 0 fully saturated rings. The first-order valence-corrected chi connectivity index (χ1v) is 6.73. The summed E-state index contributed by atoms with van der Waals surface area (Å²) in [6.45, 7) is 0.290. The summed E-state index contributed by atoms with van der Waals surface area (Å²) < 4.78 is 0. The molecule has 0 radical (unpaired) electrons. The van der Waals surface area contributed by atoms with Crippen LogP contribution in [0.4, 0.5) is 5.69 Å². The molecule has 0 aliphatic carbocycles. The molecule has 102 valence electrons. The molecule has 2 rings (SSSR count). The fourth-order valence-corrected chi connectivity index (χ4v) is 2.07. The van der Waals surface area contributed by atoms with E-state index in [-0.39, 0.29) is 6.54 Å². The summed E-state index contributed by atoms with van der Waals surface area (Å²) in [5.41, 5.74) is 1.85. The monoisotopic (exact) mass is 306 g/mol. The van der Waals surface area contributed by atoms with Gasteiger partial charge in [0.25, 0.3) is 0 Å². The van der Waals surface area contributed by atoms with E-state index in [4.69, 9.17) is 28.5 Å². The summed E-state index contributed by atoms with van der Waals surface area (Å²) in [6.07, 6.45) is -0.686. The van der Waals surface area contributed by atoms with E-state index >= 15 is 0 Å². The van der Waals surface area contributed by atoms with E-state index < -0.39 is 6.10 Å². The zero-order chi connectivity index (χ0) is 14.5. The summed E-state index contributed by atoms with van der Waals surface area (Å²) >= 11 is 11.6. The van der Waals surface area contributed by atoms with Crippen LogP contribution in [-0.4, -0.2) is 11.7 Å². The van der Waals surface area contributed by atoms with Gasteiger partial charge in [-0.3, -0.25) is 0 Å². The Labute approximate surface area is 127 Å². The van der Waals surface area contributed by atoms with E-state index in [2.05, 4.69) is 11.4 Å². The SMILES string of the molecule is N#Cc1cc(Cl)ccc1NCC(O)c1ccc(Cl)cc1. The van der Waals surface area contributed by atoms with Crippen molar-refractivity contribution >= 4 is 28.9 Å². The number of aliphatic hydroxyl groups is 1. The molecule has 2 aromatic rings. The summed E-state index contributed by atoms with van der Waals surface area (Å²) in [6, 6.07) is 14.0. The number of aliphatic hydroxyl groups excluding tert-OH is 1. The number of benzene rings is 2. The minimum atomic E-state index is -0.686. The lowest BCUT2D eigenvalue weighted by atomic mass is 10.1. The lowest BCUT2D eigenvalue weighted by molar-refractivity contribution is 0.191. The van der Waals surface area contributed by atoms with Gasteiger partial charge in [0.2, 0.25) is 0 Å². The molecule has 5 heteroatoms. The van der Waals surface area contributed by atoms with Crippen LogP contribution in [0.2, 0.25) is 10.0 Å². The summed E-state index contributed by atoms with van der Waals surface area (Å²) in [5.74, 6) is 0. The molecule has 0 heterocycles. The average Bonchev–Trinajstić information content (AvgIpc) is 2.46. The van der Waals surface area contributed by atoms with Crippen LogP contribution in [0.5, 0.6) is 0 Å². The van der Waals surface area contributed by atoms with Crippen molar-refractivity contribution in [1.82, 2.24) is 0 Å². The average molecular weight is 307 g/mol. The normalized spacial score (nSPS) is 11.7. The van der Waals surface area contributed by atoms with Crippen molar-refractivity contribution in [2.24, 2.45) is 0 Å². The number of hydrogen-bond acceptors (Lipinski definition) is 3. The standard InChI is InChI=1S/C15H12Cl2N2O/c16-12-3-1-10(2-4-12)15(20)9-19-14-6-5-13(17)7-11(14)8-18/h1-7,15,19-20H,9H2. The molecule has 3 nitrogen and oxygen atoms in total. The molecule has 0 bridgehead atoms. The van der Waals surface area contributed by atoms with E-state index in [0.29, 0.717) is 21.3 Å². The van der Waals surface area contributed by atoms with Gasteiger partial charge in [-0.2, -0.15) is 5.26 Å². The molecular formula is C15H12Cl2N2O. The van der Waals surface area contributed by atoms with Crippen molar-refractivity contribution in [3.63, 3.8) is 0 Å². The molecule has 1 atom stereocenters. The first kappa shape index (κ1) is 14.7. The summed E-state index contributed by atoms with van der Waals surface area (Å²) in [4.78, 5) is 0. The van der Waals surface area contributed by atoms with Gasteiger partial charge >= 0.3 is 0 Å². The number of nitrogens with one attached hydrogen (secondary N) is 1. The van der Waals surface area contributed by atoms with Crippen LogP contribution < -0.4 is 5.32 Å². The second kappa shape index (κ2) is 6.62. The number of halogens is 2. The Hall–Kier alpha value is -1.73. The Kier molecular flexibility index (Phi) is 4.86. The Morgan fingerprint density at radius 3 is 2.40 bits per heavy atom. The molecule has 2 N–H and O–H groups in total. The van der Waals surface area contributed by atoms with E-state index in [0.717, 1.165) is 5.56 Å². The predicted molar refractivity (Wildman–Crippen MR) is 81.1 cm³/mol. The number of anilines is 1. The molecule has 2 aromatic carbocycles. The molecule has 0 saturated heterocycles. The molecule has 0 aliphatic rings. The quantitative estimate of drug-likeness (QED) is 0.897. The minimum absolute atomic E-state index is 0.290. The highest BCUT2D eigenvalue weighted by molar-refractivity contribution is 6.31. The van der Waals surface area contributed by atoms with Crippen molar-refractivity contribution in [1.29, 1.82) is 5.26 Å². The lowest BCUT2D eigenvalue weighted by Gasteiger charge is -2.14. The molecule has 0 spiro atoms. The van der Waals surface area contributed by atoms with Crippen molar-refractivity contribution in [3.8, 4) is 6.07 Å². The molecular weight excluding hydrogens is 295 g/mol. The number of rotatable bonds is 4. The molecule has 20 heavy (non-hydrogen) atoms. The highest BCUT2D eigenvalue weighted by Gasteiger charge is 2.09. The third-order valence-corrected chi connectivity index (χ3v) is 3.33. The summed E-state index contributed by atoms with van der Waals surface area (Å²) in [5, 5.41) is 23.3. The molecule has 0 aliphatic heterocycles. The second-order valence-corrected chi connectivity index (χ2v) is 5.12.